The Labute approximate surface area is 206 Å². The molecule has 1 aliphatic carbocycles. The second-order valence-electron chi connectivity index (χ2n) is 9.73. The van der Waals surface area contributed by atoms with Crippen LogP contribution in [0.25, 0.3) is 11.1 Å². The molecule has 2 aromatic carbocycles. The number of amides is 1. The maximum atomic E-state index is 13.5. The number of hydrogen-bond acceptors (Lipinski definition) is 6. The van der Waals surface area contributed by atoms with E-state index >= 15 is 0 Å². The summed E-state index contributed by atoms with van der Waals surface area (Å²) in [5.74, 6) is -0.252. The van der Waals surface area contributed by atoms with Crippen LogP contribution in [0.15, 0.2) is 57.8 Å². The van der Waals surface area contributed by atoms with Crippen molar-refractivity contribution in [1.29, 1.82) is 0 Å². The first-order valence-electron chi connectivity index (χ1n) is 12.4. The number of hydrogen-bond donors (Lipinski definition) is 2. The van der Waals surface area contributed by atoms with E-state index in [1.807, 2.05) is 37.3 Å². The Morgan fingerprint density at radius 1 is 1.11 bits per heavy atom. The molecule has 1 aromatic heterocycles. The summed E-state index contributed by atoms with van der Waals surface area (Å²) >= 11 is 0. The van der Waals surface area contributed by atoms with Crippen LogP contribution in [0.5, 0.6) is 0 Å². The van der Waals surface area contributed by atoms with Crippen molar-refractivity contribution in [3.05, 3.63) is 54.1 Å². The van der Waals surface area contributed by atoms with Crippen LogP contribution >= 0.6 is 0 Å². The summed E-state index contributed by atoms with van der Waals surface area (Å²) in [6.07, 6.45) is 5.47. The largest absolute Gasteiger partial charge is 0.423 e. The monoisotopic (exact) mass is 496 g/mol. The van der Waals surface area contributed by atoms with Crippen molar-refractivity contribution >= 4 is 33.0 Å². The summed E-state index contributed by atoms with van der Waals surface area (Å²) < 4.78 is 35.2. The highest BCUT2D eigenvalue weighted by atomic mass is 32.2. The summed E-state index contributed by atoms with van der Waals surface area (Å²) in [6.45, 7) is 3.07. The lowest BCUT2D eigenvalue weighted by Gasteiger charge is -2.37. The number of fused-ring (bicyclic) bond motifs is 1. The number of nitrogens with one attached hydrogen (secondary N) is 2. The van der Waals surface area contributed by atoms with Gasteiger partial charge in [0.05, 0.1) is 10.9 Å². The highest BCUT2D eigenvalue weighted by Crippen LogP contribution is 2.32. The SMILES string of the molecule is Cc1cccc(S(=O)(=O)NC2(C(=O)NCC3CCCN3c3nc4ccccc4o3)CCCCC2)c1. The molecular formula is C26H32N4O4S. The van der Waals surface area contributed by atoms with Crippen molar-refractivity contribution in [2.24, 2.45) is 0 Å². The van der Waals surface area contributed by atoms with Gasteiger partial charge in [0.15, 0.2) is 5.58 Å². The van der Waals surface area contributed by atoms with E-state index in [2.05, 4.69) is 19.9 Å². The van der Waals surface area contributed by atoms with Crippen molar-refractivity contribution in [3.63, 3.8) is 0 Å². The van der Waals surface area contributed by atoms with Crippen LogP contribution in [-0.4, -0.2) is 44.0 Å². The van der Waals surface area contributed by atoms with Crippen molar-refractivity contribution in [2.75, 3.05) is 18.0 Å². The van der Waals surface area contributed by atoms with E-state index in [9.17, 15) is 13.2 Å². The Kier molecular flexibility index (Phi) is 6.55. The minimum atomic E-state index is -3.84. The number of oxazole rings is 1. The summed E-state index contributed by atoms with van der Waals surface area (Å²) in [7, 11) is -3.84. The third-order valence-corrected chi connectivity index (χ3v) is 8.71. The summed E-state index contributed by atoms with van der Waals surface area (Å²) in [5, 5.41) is 3.08. The lowest BCUT2D eigenvalue weighted by molar-refractivity contribution is -0.128. The fourth-order valence-corrected chi connectivity index (χ4v) is 6.82. The third-order valence-electron chi connectivity index (χ3n) is 7.18. The molecule has 0 radical (unpaired) electrons. The van der Waals surface area contributed by atoms with Crippen LogP contribution in [0.3, 0.4) is 0 Å². The molecule has 1 atom stereocenters. The molecule has 1 saturated heterocycles. The van der Waals surface area contributed by atoms with Gasteiger partial charge in [-0.2, -0.15) is 9.71 Å². The normalized spacial score (nSPS) is 20.3. The topological polar surface area (TPSA) is 105 Å². The van der Waals surface area contributed by atoms with Gasteiger partial charge >= 0.3 is 0 Å². The minimum Gasteiger partial charge on any atom is -0.423 e. The Hall–Kier alpha value is -2.91. The second-order valence-corrected chi connectivity index (χ2v) is 11.4. The van der Waals surface area contributed by atoms with E-state index in [0.717, 1.165) is 55.3 Å². The van der Waals surface area contributed by atoms with Crippen LogP contribution in [-0.2, 0) is 14.8 Å². The zero-order valence-corrected chi connectivity index (χ0v) is 20.8. The Bertz CT molecular complexity index is 1280. The number of nitrogens with zero attached hydrogens (tertiary/aromatic N) is 2. The Balaban J connectivity index is 1.31. The number of sulfonamides is 1. The van der Waals surface area contributed by atoms with Crippen molar-refractivity contribution in [1.82, 2.24) is 15.0 Å². The van der Waals surface area contributed by atoms with E-state index < -0.39 is 15.6 Å². The van der Waals surface area contributed by atoms with Gasteiger partial charge in [0.2, 0.25) is 15.9 Å². The van der Waals surface area contributed by atoms with Gasteiger partial charge in [0.25, 0.3) is 6.01 Å². The molecule has 2 fully saturated rings. The molecule has 2 N–H and O–H groups in total. The average Bonchev–Trinajstić information content (AvgIpc) is 3.49. The van der Waals surface area contributed by atoms with Crippen molar-refractivity contribution < 1.29 is 17.6 Å². The summed E-state index contributed by atoms with van der Waals surface area (Å²) in [6, 6.07) is 15.0. The average molecular weight is 497 g/mol. The standard InChI is InChI=1S/C26H32N4O4S/c1-19-9-7-11-21(17-19)35(32,33)29-26(14-5-2-6-15-26)24(31)27-18-20-10-8-16-30(20)25-28-22-12-3-4-13-23(22)34-25/h3-4,7,9,11-13,17,20,29H,2,5-6,8,10,14-16,18H2,1H3,(H,27,31). The number of carbonyl (C=O) groups is 1. The fourth-order valence-electron chi connectivity index (χ4n) is 5.29. The van der Waals surface area contributed by atoms with Gasteiger partial charge in [-0.15, -0.1) is 0 Å². The molecule has 1 saturated carbocycles. The number of rotatable bonds is 7. The molecule has 2 heterocycles. The first-order valence-corrected chi connectivity index (χ1v) is 13.9. The minimum absolute atomic E-state index is 0.0426. The fraction of sp³-hybridized carbons (Fsp3) is 0.462. The van der Waals surface area contributed by atoms with Gasteiger partial charge in [-0.3, -0.25) is 4.79 Å². The molecule has 2 aliphatic rings. The lowest BCUT2D eigenvalue weighted by atomic mass is 9.82. The number of anilines is 1. The second kappa shape index (κ2) is 9.62. The van der Waals surface area contributed by atoms with Gasteiger partial charge in [0.1, 0.15) is 11.1 Å². The molecule has 0 spiro atoms. The first-order chi connectivity index (χ1) is 16.9. The van der Waals surface area contributed by atoms with E-state index in [1.54, 1.807) is 18.2 Å². The first kappa shape index (κ1) is 23.8. The quantitative estimate of drug-likeness (QED) is 0.514. The van der Waals surface area contributed by atoms with E-state index in [0.29, 0.717) is 25.4 Å². The molecule has 0 bridgehead atoms. The number of para-hydroxylation sites is 2. The molecule has 5 rings (SSSR count). The zero-order chi connectivity index (χ0) is 24.5. The van der Waals surface area contributed by atoms with Crippen LogP contribution < -0.4 is 14.9 Å². The Morgan fingerprint density at radius 3 is 2.69 bits per heavy atom. The van der Waals surface area contributed by atoms with Gasteiger partial charge < -0.3 is 14.6 Å². The predicted molar refractivity (Wildman–Crippen MR) is 135 cm³/mol. The number of aromatic nitrogens is 1. The third kappa shape index (κ3) is 4.92. The molecule has 35 heavy (non-hydrogen) atoms. The molecule has 3 aromatic rings. The molecular weight excluding hydrogens is 464 g/mol. The van der Waals surface area contributed by atoms with Crippen LogP contribution in [0.4, 0.5) is 6.01 Å². The van der Waals surface area contributed by atoms with Gasteiger partial charge in [0, 0.05) is 13.1 Å². The van der Waals surface area contributed by atoms with E-state index in [-0.39, 0.29) is 16.8 Å². The molecule has 1 unspecified atom stereocenters. The maximum Gasteiger partial charge on any atom is 0.298 e. The van der Waals surface area contributed by atoms with Crippen LogP contribution in [0, 0.1) is 6.92 Å². The van der Waals surface area contributed by atoms with Crippen LogP contribution in [0.1, 0.15) is 50.5 Å². The summed E-state index contributed by atoms with van der Waals surface area (Å²) in [4.78, 5) is 20.5. The van der Waals surface area contributed by atoms with Crippen molar-refractivity contribution in [3.8, 4) is 0 Å². The summed E-state index contributed by atoms with van der Waals surface area (Å²) in [5.41, 5.74) is 1.27. The highest BCUT2D eigenvalue weighted by molar-refractivity contribution is 7.89. The number of carbonyl (C=O) groups excluding carboxylic acids is 1. The predicted octanol–water partition coefficient (Wildman–Crippen LogP) is 3.90. The Morgan fingerprint density at radius 2 is 1.91 bits per heavy atom. The van der Waals surface area contributed by atoms with Gasteiger partial charge in [-0.1, -0.05) is 43.5 Å². The highest BCUT2D eigenvalue weighted by Gasteiger charge is 2.43. The molecule has 1 aliphatic heterocycles. The van der Waals surface area contributed by atoms with Crippen molar-refractivity contribution in [2.45, 2.75) is 68.3 Å². The van der Waals surface area contributed by atoms with Crippen LogP contribution in [0.2, 0.25) is 0 Å². The lowest BCUT2D eigenvalue weighted by Crippen LogP contribution is -2.60. The molecule has 186 valence electrons. The number of benzene rings is 2. The van der Waals surface area contributed by atoms with E-state index in [4.69, 9.17) is 4.42 Å². The maximum absolute atomic E-state index is 13.5. The molecule has 1 amide bonds. The van der Waals surface area contributed by atoms with Gasteiger partial charge in [-0.25, -0.2) is 8.42 Å². The number of aryl methyl sites for hydroxylation is 1. The van der Waals surface area contributed by atoms with E-state index in [1.165, 1.54) is 0 Å². The smallest absolute Gasteiger partial charge is 0.298 e. The van der Waals surface area contributed by atoms with Gasteiger partial charge in [-0.05, 0) is 62.4 Å². The molecule has 8 nitrogen and oxygen atoms in total. The zero-order valence-electron chi connectivity index (χ0n) is 20.0. The molecule has 9 heteroatoms.